The Bertz CT molecular complexity index is 313. The van der Waals surface area contributed by atoms with E-state index in [1.165, 1.54) is 0 Å². The van der Waals surface area contributed by atoms with Crippen LogP contribution in [0.1, 0.15) is 12.5 Å². The molecule has 0 aliphatic carbocycles. The second-order valence-corrected chi connectivity index (χ2v) is 3.79. The third kappa shape index (κ3) is 5.19. The number of rotatable bonds is 5. The molecule has 0 spiro atoms. The van der Waals surface area contributed by atoms with E-state index in [-0.39, 0.29) is 0 Å². The summed E-state index contributed by atoms with van der Waals surface area (Å²) in [6, 6.07) is 1.96. The molecule has 82 valence electrons. The molecule has 15 heavy (non-hydrogen) atoms. The van der Waals surface area contributed by atoms with E-state index in [1.807, 2.05) is 23.8 Å². The van der Waals surface area contributed by atoms with Gasteiger partial charge in [0.2, 0.25) is 6.29 Å². The molecule has 0 aliphatic heterocycles. The average molecular weight is 245 g/mol. The Kier molecular flexibility index (Phi) is 6.45. The first-order chi connectivity index (χ1) is 7.36. The van der Waals surface area contributed by atoms with Crippen molar-refractivity contribution in [3.63, 3.8) is 0 Å². The van der Waals surface area contributed by atoms with Gasteiger partial charge in [-0.1, -0.05) is 5.92 Å². The zero-order valence-corrected chi connectivity index (χ0v) is 10.1. The standard InChI is InChI=1S/C11H13ClO2S/c1-2-13-11(14-7-6-12)4-3-10-5-8-15-9-10/h5,8-9,11H,2,6-7H2,1H3/t11-/m1/s1. The van der Waals surface area contributed by atoms with Gasteiger partial charge in [0.15, 0.2) is 0 Å². The zero-order valence-electron chi connectivity index (χ0n) is 8.53. The highest BCUT2D eigenvalue weighted by Crippen LogP contribution is 2.04. The average Bonchev–Trinajstić information content (AvgIpc) is 2.75. The molecule has 0 radical (unpaired) electrons. The van der Waals surface area contributed by atoms with Crippen molar-refractivity contribution in [1.82, 2.24) is 0 Å². The van der Waals surface area contributed by atoms with Gasteiger partial charge in [-0.25, -0.2) is 0 Å². The van der Waals surface area contributed by atoms with E-state index in [0.717, 1.165) is 5.56 Å². The third-order valence-corrected chi connectivity index (χ3v) is 2.36. The van der Waals surface area contributed by atoms with Crippen molar-refractivity contribution in [2.75, 3.05) is 19.1 Å². The molecule has 1 rings (SSSR count). The van der Waals surface area contributed by atoms with Crippen LogP contribution in [0.2, 0.25) is 0 Å². The predicted octanol–water partition coefficient (Wildman–Crippen LogP) is 2.72. The molecular weight excluding hydrogens is 232 g/mol. The molecule has 0 unspecified atom stereocenters. The first-order valence-electron chi connectivity index (χ1n) is 4.69. The molecule has 1 atom stereocenters. The van der Waals surface area contributed by atoms with Crippen LogP contribution in [-0.4, -0.2) is 25.4 Å². The predicted molar refractivity (Wildman–Crippen MR) is 63.3 cm³/mol. The fraction of sp³-hybridized carbons (Fsp3) is 0.455. The van der Waals surface area contributed by atoms with Gasteiger partial charge in [-0.15, -0.1) is 11.6 Å². The van der Waals surface area contributed by atoms with E-state index in [2.05, 4.69) is 11.8 Å². The number of halogens is 1. The normalized spacial score (nSPS) is 11.9. The summed E-state index contributed by atoms with van der Waals surface area (Å²) in [7, 11) is 0. The van der Waals surface area contributed by atoms with Crippen molar-refractivity contribution in [1.29, 1.82) is 0 Å². The maximum atomic E-state index is 5.52. The molecule has 0 bridgehead atoms. The lowest BCUT2D eigenvalue weighted by Crippen LogP contribution is -2.16. The molecule has 4 heteroatoms. The minimum absolute atomic E-state index is 0.448. The van der Waals surface area contributed by atoms with Gasteiger partial charge in [0.05, 0.1) is 6.61 Å². The Hall–Kier alpha value is -0.530. The topological polar surface area (TPSA) is 18.5 Å². The number of hydrogen-bond acceptors (Lipinski definition) is 3. The van der Waals surface area contributed by atoms with Crippen LogP contribution in [0.15, 0.2) is 16.8 Å². The highest BCUT2D eigenvalue weighted by molar-refractivity contribution is 7.08. The van der Waals surface area contributed by atoms with Crippen LogP contribution in [0.4, 0.5) is 0 Å². The third-order valence-electron chi connectivity index (χ3n) is 1.52. The summed E-state index contributed by atoms with van der Waals surface area (Å²) >= 11 is 7.14. The zero-order chi connectivity index (χ0) is 10.9. The van der Waals surface area contributed by atoms with Gasteiger partial charge >= 0.3 is 0 Å². The fourth-order valence-electron chi connectivity index (χ4n) is 0.912. The molecule has 0 fully saturated rings. The Balaban J connectivity index is 2.49. The monoisotopic (exact) mass is 244 g/mol. The van der Waals surface area contributed by atoms with Gasteiger partial charge < -0.3 is 9.47 Å². The second-order valence-electron chi connectivity index (χ2n) is 2.63. The summed E-state index contributed by atoms with van der Waals surface area (Å²) in [5.74, 6) is 6.35. The van der Waals surface area contributed by atoms with Gasteiger partial charge in [-0.3, -0.25) is 0 Å². The van der Waals surface area contributed by atoms with Crippen LogP contribution in [0, 0.1) is 11.8 Å². The lowest BCUT2D eigenvalue weighted by Gasteiger charge is -2.10. The highest BCUT2D eigenvalue weighted by Gasteiger charge is 2.02. The van der Waals surface area contributed by atoms with Crippen LogP contribution in [0.3, 0.4) is 0 Å². The molecule has 2 nitrogen and oxygen atoms in total. The first-order valence-corrected chi connectivity index (χ1v) is 6.17. The number of ether oxygens (including phenoxy) is 2. The van der Waals surface area contributed by atoms with Crippen molar-refractivity contribution in [3.05, 3.63) is 22.4 Å². The molecule has 0 aliphatic rings. The number of alkyl halides is 1. The van der Waals surface area contributed by atoms with E-state index in [9.17, 15) is 0 Å². The van der Waals surface area contributed by atoms with E-state index in [0.29, 0.717) is 19.1 Å². The van der Waals surface area contributed by atoms with E-state index in [4.69, 9.17) is 21.1 Å². The minimum Gasteiger partial charge on any atom is -0.342 e. The molecular formula is C11H13ClO2S. The van der Waals surface area contributed by atoms with Crippen LogP contribution < -0.4 is 0 Å². The molecule has 0 N–H and O–H groups in total. The fourth-order valence-corrected chi connectivity index (χ4v) is 1.59. The molecule has 1 aromatic rings. The van der Waals surface area contributed by atoms with E-state index < -0.39 is 6.29 Å². The molecule has 0 aromatic carbocycles. The lowest BCUT2D eigenvalue weighted by atomic mass is 10.3. The lowest BCUT2D eigenvalue weighted by molar-refractivity contribution is -0.0963. The number of thiophene rings is 1. The van der Waals surface area contributed by atoms with Crippen molar-refractivity contribution >= 4 is 22.9 Å². The smallest absolute Gasteiger partial charge is 0.222 e. The summed E-state index contributed by atoms with van der Waals surface area (Å²) in [5, 5.41) is 3.97. The van der Waals surface area contributed by atoms with Crippen LogP contribution in [-0.2, 0) is 9.47 Å². The summed E-state index contributed by atoms with van der Waals surface area (Å²) < 4.78 is 10.6. The van der Waals surface area contributed by atoms with Crippen LogP contribution in [0.5, 0.6) is 0 Å². The maximum absolute atomic E-state index is 5.52. The number of hydrogen-bond donors (Lipinski definition) is 0. The Morgan fingerprint density at radius 1 is 1.53 bits per heavy atom. The Morgan fingerprint density at radius 3 is 3.00 bits per heavy atom. The van der Waals surface area contributed by atoms with Gasteiger partial charge in [0, 0.05) is 23.4 Å². The molecule has 0 amide bonds. The summed E-state index contributed by atoms with van der Waals surface area (Å²) in [4.78, 5) is 0. The van der Waals surface area contributed by atoms with Crippen LogP contribution in [0.25, 0.3) is 0 Å². The van der Waals surface area contributed by atoms with E-state index in [1.54, 1.807) is 11.3 Å². The SMILES string of the molecule is CCO[C@@H](C#Cc1ccsc1)OCCCl. The van der Waals surface area contributed by atoms with Crippen molar-refractivity contribution < 1.29 is 9.47 Å². The molecule has 1 aromatic heterocycles. The Morgan fingerprint density at radius 2 is 2.40 bits per heavy atom. The molecule has 0 saturated carbocycles. The van der Waals surface area contributed by atoms with Gasteiger partial charge in [-0.2, -0.15) is 11.3 Å². The van der Waals surface area contributed by atoms with Gasteiger partial charge in [0.25, 0.3) is 0 Å². The van der Waals surface area contributed by atoms with Crippen molar-refractivity contribution in [2.24, 2.45) is 0 Å². The second kappa shape index (κ2) is 7.72. The summed E-state index contributed by atoms with van der Waals surface area (Å²) in [6.07, 6.45) is -0.478. The van der Waals surface area contributed by atoms with Gasteiger partial charge in [-0.05, 0) is 24.3 Å². The summed E-state index contributed by atoms with van der Waals surface area (Å²) in [6.45, 7) is 2.93. The van der Waals surface area contributed by atoms with Crippen molar-refractivity contribution in [3.8, 4) is 11.8 Å². The largest absolute Gasteiger partial charge is 0.342 e. The highest BCUT2D eigenvalue weighted by atomic mass is 35.5. The van der Waals surface area contributed by atoms with Crippen LogP contribution >= 0.6 is 22.9 Å². The first kappa shape index (κ1) is 12.5. The molecule has 0 saturated heterocycles. The quantitative estimate of drug-likeness (QED) is 0.451. The Labute approximate surface area is 99.2 Å². The van der Waals surface area contributed by atoms with Crippen molar-refractivity contribution in [2.45, 2.75) is 13.2 Å². The minimum atomic E-state index is -0.478. The van der Waals surface area contributed by atoms with E-state index >= 15 is 0 Å². The molecule has 1 heterocycles. The van der Waals surface area contributed by atoms with Gasteiger partial charge in [0.1, 0.15) is 0 Å². The summed E-state index contributed by atoms with van der Waals surface area (Å²) in [5.41, 5.74) is 0.985. The maximum Gasteiger partial charge on any atom is 0.222 e.